The highest BCUT2D eigenvalue weighted by molar-refractivity contribution is 7.89. The van der Waals surface area contributed by atoms with Crippen LogP contribution in [0.25, 0.3) is 0 Å². The molecule has 2 aliphatic rings. The maximum absolute atomic E-state index is 13.0. The molecule has 0 spiro atoms. The summed E-state index contributed by atoms with van der Waals surface area (Å²) < 4.78 is 33.1. The normalized spacial score (nSPS) is 25.1. The highest BCUT2D eigenvalue weighted by Gasteiger charge is 2.32. The summed E-state index contributed by atoms with van der Waals surface area (Å²) in [6.07, 6.45) is -0.320. The van der Waals surface area contributed by atoms with Crippen LogP contribution in [0, 0.1) is 0 Å². The molecular formula is C18H28ClN4O4S-. The molecule has 0 radical (unpaired) electrons. The number of hydrazine groups is 1. The van der Waals surface area contributed by atoms with E-state index in [0.717, 1.165) is 26.2 Å². The lowest BCUT2D eigenvalue weighted by atomic mass is 10.2. The van der Waals surface area contributed by atoms with Crippen molar-refractivity contribution >= 4 is 15.9 Å². The Morgan fingerprint density at radius 1 is 1.11 bits per heavy atom. The van der Waals surface area contributed by atoms with Gasteiger partial charge in [-0.2, -0.15) is 4.31 Å². The Balaban J connectivity index is 0.00000280. The number of hydrogen-bond donors (Lipinski definition) is 1. The molecule has 2 unspecified atom stereocenters. The molecule has 10 heteroatoms. The van der Waals surface area contributed by atoms with E-state index in [1.54, 1.807) is 12.1 Å². The van der Waals surface area contributed by atoms with Crippen LogP contribution in [-0.4, -0.2) is 87.1 Å². The van der Waals surface area contributed by atoms with E-state index in [-0.39, 0.29) is 35.4 Å². The lowest BCUT2D eigenvalue weighted by Gasteiger charge is -2.34. The second-order valence-corrected chi connectivity index (χ2v) is 9.28. The third-order valence-electron chi connectivity index (χ3n) is 4.88. The number of sulfonamides is 1. The fraction of sp³-hybridized carbons (Fsp3) is 0.611. The number of piperazine rings is 1. The van der Waals surface area contributed by atoms with Crippen LogP contribution in [-0.2, 0) is 14.8 Å². The van der Waals surface area contributed by atoms with E-state index in [1.165, 1.54) is 16.4 Å². The third kappa shape index (κ3) is 5.43. The van der Waals surface area contributed by atoms with Crippen LogP contribution in [0.4, 0.5) is 0 Å². The number of nitrogens with one attached hydrogen (secondary N) is 1. The summed E-state index contributed by atoms with van der Waals surface area (Å²) in [5.41, 5.74) is 3.20. The Bertz CT molecular complexity index is 774. The molecule has 1 amide bonds. The van der Waals surface area contributed by atoms with E-state index in [1.807, 2.05) is 25.9 Å². The number of amides is 1. The van der Waals surface area contributed by atoms with E-state index in [0.29, 0.717) is 18.7 Å². The average molecular weight is 432 g/mol. The monoisotopic (exact) mass is 431 g/mol. The van der Waals surface area contributed by atoms with Gasteiger partial charge in [-0.25, -0.2) is 13.4 Å². The molecule has 2 saturated heterocycles. The van der Waals surface area contributed by atoms with Crippen molar-refractivity contribution < 1.29 is 30.4 Å². The number of morpholine rings is 1. The van der Waals surface area contributed by atoms with Crippen LogP contribution < -0.4 is 17.8 Å². The quantitative estimate of drug-likeness (QED) is 0.562. The number of benzene rings is 1. The lowest BCUT2D eigenvalue weighted by molar-refractivity contribution is -0.0440. The van der Waals surface area contributed by atoms with E-state index in [9.17, 15) is 13.2 Å². The maximum Gasteiger partial charge on any atom is 0.265 e. The lowest BCUT2D eigenvalue weighted by Crippen LogP contribution is -3.00. The minimum atomic E-state index is -3.67. The van der Waals surface area contributed by atoms with Crippen molar-refractivity contribution in [2.24, 2.45) is 0 Å². The number of hydrogen-bond acceptors (Lipinski definition) is 6. The molecule has 0 bridgehead atoms. The van der Waals surface area contributed by atoms with Crippen molar-refractivity contribution in [1.82, 2.24) is 19.6 Å². The molecule has 1 aromatic rings. The van der Waals surface area contributed by atoms with Crippen molar-refractivity contribution in [3.05, 3.63) is 29.8 Å². The van der Waals surface area contributed by atoms with Gasteiger partial charge in [-0.15, -0.1) is 0 Å². The molecule has 158 valence electrons. The van der Waals surface area contributed by atoms with E-state index in [4.69, 9.17) is 4.74 Å². The Kier molecular flexibility index (Phi) is 7.83. The number of carbonyl (C=O) groups is 1. The number of carbonyl (C=O) groups excluding carboxylic acids is 1. The molecule has 2 aliphatic heterocycles. The second kappa shape index (κ2) is 9.51. The largest absolute Gasteiger partial charge is 1.00 e. The molecule has 2 heterocycles. The minimum Gasteiger partial charge on any atom is -1.00 e. The first-order chi connectivity index (χ1) is 12.8. The zero-order valence-electron chi connectivity index (χ0n) is 16.5. The average Bonchev–Trinajstić information content (AvgIpc) is 2.63. The van der Waals surface area contributed by atoms with Crippen molar-refractivity contribution in [1.29, 1.82) is 0 Å². The highest BCUT2D eigenvalue weighted by Crippen LogP contribution is 2.22. The molecule has 28 heavy (non-hydrogen) atoms. The SMILES string of the molecule is CC1CN(S(=O)(=O)c2cccc(C(=O)NN3CCN(C)CC3)c2)CC(C)O1.[Cl-]. The first-order valence-electron chi connectivity index (χ1n) is 9.26. The van der Waals surface area contributed by atoms with Gasteiger partial charge in [-0.1, -0.05) is 6.07 Å². The molecule has 1 N–H and O–H groups in total. The van der Waals surface area contributed by atoms with E-state index >= 15 is 0 Å². The topological polar surface area (TPSA) is 82.2 Å². The molecule has 1 aromatic carbocycles. The summed E-state index contributed by atoms with van der Waals surface area (Å²) in [6.45, 7) is 7.57. The predicted octanol–water partition coefficient (Wildman–Crippen LogP) is -2.62. The van der Waals surface area contributed by atoms with Crippen molar-refractivity contribution in [2.75, 3.05) is 46.3 Å². The maximum atomic E-state index is 13.0. The molecule has 3 rings (SSSR count). The predicted molar refractivity (Wildman–Crippen MR) is 102 cm³/mol. The van der Waals surface area contributed by atoms with Gasteiger partial charge in [0.05, 0.1) is 17.1 Å². The van der Waals surface area contributed by atoms with Gasteiger partial charge in [0.25, 0.3) is 5.91 Å². The summed E-state index contributed by atoms with van der Waals surface area (Å²) in [4.78, 5) is 14.9. The minimum absolute atomic E-state index is 0. The van der Waals surface area contributed by atoms with Crippen LogP contribution in [0.1, 0.15) is 24.2 Å². The van der Waals surface area contributed by atoms with Gasteiger partial charge >= 0.3 is 0 Å². The summed E-state index contributed by atoms with van der Waals surface area (Å²) in [5, 5.41) is 1.87. The standard InChI is InChI=1S/C18H28N4O4S.ClH/c1-14-12-22(13-15(2)26-14)27(24,25)17-6-4-5-16(11-17)18(23)19-21-9-7-20(3)8-10-21;/h4-6,11,14-15H,7-10,12-13H2,1-3H3,(H,19,23);1H/p-1. The van der Waals surface area contributed by atoms with Gasteiger partial charge in [0.1, 0.15) is 0 Å². The molecule has 0 aromatic heterocycles. The van der Waals surface area contributed by atoms with Gasteiger partial charge in [0, 0.05) is 44.8 Å². The van der Waals surface area contributed by atoms with Crippen molar-refractivity contribution in [3.63, 3.8) is 0 Å². The molecule has 8 nitrogen and oxygen atoms in total. The first kappa shape index (κ1) is 23.1. The second-order valence-electron chi connectivity index (χ2n) is 7.34. The molecular weight excluding hydrogens is 404 g/mol. The number of rotatable bonds is 4. The van der Waals surface area contributed by atoms with Gasteiger partial charge in [-0.05, 0) is 39.1 Å². The number of ether oxygens (including phenoxy) is 1. The molecule has 0 saturated carbocycles. The van der Waals surface area contributed by atoms with Gasteiger partial charge in [-0.3, -0.25) is 10.2 Å². The van der Waals surface area contributed by atoms with Crippen molar-refractivity contribution in [2.45, 2.75) is 31.0 Å². The summed E-state index contributed by atoms with van der Waals surface area (Å²) in [5.74, 6) is -0.291. The summed E-state index contributed by atoms with van der Waals surface area (Å²) in [7, 11) is -1.63. The van der Waals surface area contributed by atoms with Crippen LogP contribution in [0.15, 0.2) is 29.2 Å². The molecule has 2 fully saturated rings. The Labute approximate surface area is 173 Å². The van der Waals surface area contributed by atoms with Crippen molar-refractivity contribution in [3.8, 4) is 0 Å². The van der Waals surface area contributed by atoms with Crippen LogP contribution in [0.2, 0.25) is 0 Å². The van der Waals surface area contributed by atoms with Gasteiger partial charge < -0.3 is 22.0 Å². The fourth-order valence-corrected chi connectivity index (χ4v) is 5.04. The molecule has 0 aliphatic carbocycles. The Morgan fingerprint density at radius 2 is 1.71 bits per heavy atom. The number of likely N-dealkylation sites (N-methyl/N-ethyl adjacent to an activating group) is 1. The highest BCUT2D eigenvalue weighted by atomic mass is 35.5. The summed E-state index contributed by atoms with van der Waals surface area (Å²) in [6, 6.07) is 6.23. The Hall–Kier alpha value is -1.23. The molecule has 2 atom stereocenters. The zero-order valence-corrected chi connectivity index (χ0v) is 18.0. The smallest absolute Gasteiger partial charge is 0.265 e. The third-order valence-corrected chi connectivity index (χ3v) is 6.71. The van der Waals surface area contributed by atoms with E-state index < -0.39 is 10.0 Å². The summed E-state index contributed by atoms with van der Waals surface area (Å²) >= 11 is 0. The Morgan fingerprint density at radius 3 is 2.32 bits per heavy atom. The van der Waals surface area contributed by atoms with Crippen LogP contribution >= 0.6 is 0 Å². The number of halogens is 1. The van der Waals surface area contributed by atoms with Crippen LogP contribution in [0.3, 0.4) is 0 Å². The van der Waals surface area contributed by atoms with Gasteiger partial charge in [0.2, 0.25) is 10.0 Å². The number of nitrogens with zero attached hydrogens (tertiary/aromatic N) is 3. The fourth-order valence-electron chi connectivity index (χ4n) is 3.40. The zero-order chi connectivity index (χ0) is 19.6. The van der Waals surface area contributed by atoms with Crippen LogP contribution in [0.5, 0.6) is 0 Å². The van der Waals surface area contributed by atoms with Gasteiger partial charge in [0.15, 0.2) is 0 Å². The first-order valence-corrected chi connectivity index (χ1v) is 10.7. The van der Waals surface area contributed by atoms with E-state index in [2.05, 4.69) is 10.3 Å².